The summed E-state index contributed by atoms with van der Waals surface area (Å²) < 4.78 is 0. The van der Waals surface area contributed by atoms with E-state index >= 15 is 0 Å². The molecule has 3 N–H and O–H groups in total. The van der Waals surface area contributed by atoms with Crippen LogP contribution in [0.2, 0.25) is 0 Å². The molecule has 1 fully saturated rings. The minimum absolute atomic E-state index is 0. The van der Waals surface area contributed by atoms with Gasteiger partial charge in [-0.1, -0.05) is 0 Å². The van der Waals surface area contributed by atoms with Crippen LogP contribution in [-0.2, 0) is 6.54 Å². The van der Waals surface area contributed by atoms with Crippen LogP contribution < -0.4 is 11.1 Å². The molecular formula is C13H19Cl2N5S. The van der Waals surface area contributed by atoms with Gasteiger partial charge in [0.1, 0.15) is 12.1 Å². The molecule has 0 spiro atoms. The van der Waals surface area contributed by atoms with Crippen LogP contribution in [0.15, 0.2) is 17.8 Å². The van der Waals surface area contributed by atoms with Crippen LogP contribution in [0.5, 0.6) is 0 Å². The Bertz CT molecular complexity index is 571. The molecule has 8 heteroatoms. The van der Waals surface area contributed by atoms with E-state index < -0.39 is 0 Å². The van der Waals surface area contributed by atoms with E-state index in [9.17, 15) is 0 Å². The highest BCUT2D eigenvalue weighted by Crippen LogP contribution is 2.34. The molecule has 2 aromatic rings. The second-order valence-electron chi connectivity index (χ2n) is 4.97. The van der Waals surface area contributed by atoms with E-state index in [1.54, 1.807) is 17.7 Å². The maximum Gasteiger partial charge on any atom is 0.129 e. The quantitative estimate of drug-likeness (QED) is 0.888. The summed E-state index contributed by atoms with van der Waals surface area (Å²) >= 11 is 1.66. The van der Waals surface area contributed by atoms with E-state index in [0.717, 1.165) is 35.1 Å². The Labute approximate surface area is 140 Å². The number of thiazole rings is 1. The summed E-state index contributed by atoms with van der Waals surface area (Å²) in [6.07, 6.45) is 3.68. The van der Waals surface area contributed by atoms with E-state index in [4.69, 9.17) is 5.73 Å². The molecule has 0 radical (unpaired) electrons. The lowest BCUT2D eigenvalue weighted by molar-refractivity contribution is 0.345. The number of aromatic nitrogens is 3. The van der Waals surface area contributed by atoms with Crippen molar-refractivity contribution < 1.29 is 0 Å². The van der Waals surface area contributed by atoms with E-state index in [1.807, 2.05) is 13.0 Å². The van der Waals surface area contributed by atoms with Crippen molar-refractivity contribution in [3.8, 4) is 0 Å². The molecule has 21 heavy (non-hydrogen) atoms. The third-order valence-corrected chi connectivity index (χ3v) is 4.22. The van der Waals surface area contributed by atoms with Gasteiger partial charge in [0, 0.05) is 29.1 Å². The van der Waals surface area contributed by atoms with Crippen molar-refractivity contribution >= 4 is 42.0 Å². The maximum absolute atomic E-state index is 5.82. The molecule has 3 rings (SSSR count). The number of nitrogens with zero attached hydrogens (tertiary/aromatic N) is 3. The van der Waals surface area contributed by atoms with Gasteiger partial charge in [-0.05, 0) is 19.8 Å². The SMILES string of the molecule is Cc1nc(CNc2cc(C3CC(N)C3)ncn2)cs1.Cl.Cl. The Morgan fingerprint density at radius 1 is 1.33 bits per heavy atom. The fraction of sp³-hybridized carbons (Fsp3) is 0.462. The highest BCUT2D eigenvalue weighted by molar-refractivity contribution is 7.09. The number of hydrogen-bond donors (Lipinski definition) is 2. The molecule has 116 valence electrons. The Balaban J connectivity index is 0.00000110. The van der Waals surface area contributed by atoms with Gasteiger partial charge in [0.2, 0.25) is 0 Å². The smallest absolute Gasteiger partial charge is 0.129 e. The van der Waals surface area contributed by atoms with Crippen molar-refractivity contribution in [2.75, 3.05) is 5.32 Å². The number of nitrogens with one attached hydrogen (secondary N) is 1. The minimum atomic E-state index is 0. The fourth-order valence-corrected chi connectivity index (χ4v) is 2.88. The van der Waals surface area contributed by atoms with Crippen LogP contribution in [-0.4, -0.2) is 21.0 Å². The highest BCUT2D eigenvalue weighted by Gasteiger charge is 2.28. The molecule has 1 saturated carbocycles. The zero-order chi connectivity index (χ0) is 13.2. The second-order valence-corrected chi connectivity index (χ2v) is 6.03. The van der Waals surface area contributed by atoms with Crippen molar-refractivity contribution in [2.45, 2.75) is 38.3 Å². The Kier molecular flexibility index (Phi) is 6.80. The Hall–Kier alpha value is -0.950. The largest absolute Gasteiger partial charge is 0.364 e. The lowest BCUT2D eigenvalue weighted by atomic mass is 9.79. The van der Waals surface area contributed by atoms with Crippen LogP contribution in [0.25, 0.3) is 0 Å². The monoisotopic (exact) mass is 347 g/mol. The topological polar surface area (TPSA) is 76.7 Å². The van der Waals surface area contributed by atoms with Crippen LogP contribution >= 0.6 is 36.2 Å². The van der Waals surface area contributed by atoms with Crippen LogP contribution in [0.3, 0.4) is 0 Å². The molecule has 5 nitrogen and oxygen atoms in total. The molecule has 2 aromatic heterocycles. The number of halogens is 2. The van der Waals surface area contributed by atoms with Gasteiger partial charge in [-0.25, -0.2) is 15.0 Å². The molecule has 0 atom stereocenters. The molecule has 0 saturated heterocycles. The first-order valence-electron chi connectivity index (χ1n) is 6.43. The number of anilines is 1. The van der Waals surface area contributed by atoms with Gasteiger partial charge in [0.25, 0.3) is 0 Å². The van der Waals surface area contributed by atoms with Crippen molar-refractivity contribution in [2.24, 2.45) is 5.73 Å². The van der Waals surface area contributed by atoms with Crippen LogP contribution in [0.4, 0.5) is 5.82 Å². The maximum atomic E-state index is 5.82. The van der Waals surface area contributed by atoms with Crippen molar-refractivity contribution in [1.82, 2.24) is 15.0 Å². The van der Waals surface area contributed by atoms with Gasteiger partial charge in [0.15, 0.2) is 0 Å². The summed E-state index contributed by atoms with van der Waals surface area (Å²) in [7, 11) is 0. The summed E-state index contributed by atoms with van der Waals surface area (Å²) in [5, 5.41) is 6.44. The predicted molar refractivity (Wildman–Crippen MR) is 90.7 cm³/mol. The zero-order valence-corrected chi connectivity index (χ0v) is 14.1. The zero-order valence-electron chi connectivity index (χ0n) is 11.7. The molecule has 2 heterocycles. The molecule has 0 bridgehead atoms. The summed E-state index contributed by atoms with van der Waals surface area (Å²) in [6.45, 7) is 2.71. The third kappa shape index (κ3) is 4.51. The predicted octanol–water partition coefficient (Wildman–Crippen LogP) is 2.90. The van der Waals surface area contributed by atoms with Crippen molar-refractivity contribution in [1.29, 1.82) is 0 Å². The first-order valence-corrected chi connectivity index (χ1v) is 7.31. The Morgan fingerprint density at radius 2 is 2.10 bits per heavy atom. The van der Waals surface area contributed by atoms with Gasteiger partial charge < -0.3 is 11.1 Å². The van der Waals surface area contributed by atoms with E-state index in [2.05, 4.69) is 25.6 Å². The number of rotatable bonds is 4. The van der Waals surface area contributed by atoms with E-state index in [0.29, 0.717) is 18.5 Å². The normalized spacial score (nSPS) is 19.9. The average molecular weight is 348 g/mol. The summed E-state index contributed by atoms with van der Waals surface area (Å²) in [5.74, 6) is 1.36. The second kappa shape index (κ2) is 7.89. The van der Waals surface area contributed by atoms with Gasteiger partial charge in [0.05, 0.1) is 17.2 Å². The molecule has 1 aliphatic rings. The summed E-state index contributed by atoms with van der Waals surface area (Å²) in [6, 6.07) is 2.37. The van der Waals surface area contributed by atoms with Gasteiger partial charge in [-0.15, -0.1) is 36.2 Å². The van der Waals surface area contributed by atoms with Gasteiger partial charge in [-0.2, -0.15) is 0 Å². The molecule has 0 aromatic carbocycles. The molecule has 0 unspecified atom stereocenters. The third-order valence-electron chi connectivity index (χ3n) is 3.40. The number of hydrogen-bond acceptors (Lipinski definition) is 6. The summed E-state index contributed by atoms with van der Waals surface area (Å²) in [4.78, 5) is 13.0. The lowest BCUT2D eigenvalue weighted by Gasteiger charge is -2.31. The Morgan fingerprint density at radius 3 is 2.71 bits per heavy atom. The van der Waals surface area contributed by atoms with Gasteiger partial charge >= 0.3 is 0 Å². The molecular weight excluding hydrogens is 329 g/mol. The van der Waals surface area contributed by atoms with Crippen molar-refractivity contribution in [3.05, 3.63) is 34.2 Å². The highest BCUT2D eigenvalue weighted by atomic mass is 35.5. The number of nitrogens with two attached hydrogens (primary N) is 1. The minimum Gasteiger partial charge on any atom is -0.364 e. The van der Waals surface area contributed by atoms with E-state index in [1.165, 1.54) is 0 Å². The average Bonchev–Trinajstić information content (AvgIpc) is 2.79. The molecule has 0 amide bonds. The fourth-order valence-electron chi connectivity index (χ4n) is 2.27. The van der Waals surface area contributed by atoms with Gasteiger partial charge in [-0.3, -0.25) is 0 Å². The molecule has 0 aliphatic heterocycles. The van der Waals surface area contributed by atoms with E-state index in [-0.39, 0.29) is 24.8 Å². The standard InChI is InChI=1S/C13H17N5S.2ClH/c1-8-18-11(6-19-8)5-15-13-4-12(16-7-17-13)9-2-10(14)3-9;;/h4,6-7,9-10H,2-3,5,14H2,1H3,(H,15,16,17);2*1H. The van der Waals surface area contributed by atoms with Crippen LogP contribution in [0.1, 0.15) is 35.2 Å². The number of aryl methyl sites for hydroxylation is 1. The first kappa shape index (κ1) is 18.1. The lowest BCUT2D eigenvalue weighted by Crippen LogP contribution is -2.35. The summed E-state index contributed by atoms with van der Waals surface area (Å²) in [5.41, 5.74) is 7.96. The van der Waals surface area contributed by atoms with Crippen molar-refractivity contribution in [3.63, 3.8) is 0 Å². The first-order chi connectivity index (χ1) is 9.20. The van der Waals surface area contributed by atoms with Crippen LogP contribution in [0, 0.1) is 6.92 Å². The molecule has 1 aliphatic carbocycles.